The zero-order valence-corrected chi connectivity index (χ0v) is 10.2. The molecule has 1 aromatic heterocycles. The zero-order valence-electron chi connectivity index (χ0n) is 9.43. The molecular formula is C10H12N4O2S. The fraction of sp³-hybridized carbons (Fsp3) is 0.200. The normalized spacial score (nSPS) is 11.4. The first kappa shape index (κ1) is 11.6. The molecule has 90 valence electrons. The molecule has 6 nitrogen and oxygen atoms in total. The van der Waals surface area contributed by atoms with Crippen molar-refractivity contribution in [2.75, 3.05) is 4.72 Å². The lowest BCUT2D eigenvalue weighted by Crippen LogP contribution is -2.14. The average Bonchev–Trinajstić information content (AvgIpc) is 2.63. The van der Waals surface area contributed by atoms with Crippen LogP contribution in [0.5, 0.6) is 0 Å². The minimum Gasteiger partial charge on any atom is -0.261 e. The number of aromatic nitrogens is 3. The molecule has 2 aromatic rings. The number of benzene rings is 1. The molecule has 0 atom stereocenters. The van der Waals surface area contributed by atoms with Crippen LogP contribution < -0.4 is 4.72 Å². The molecule has 0 saturated heterocycles. The van der Waals surface area contributed by atoms with Crippen molar-refractivity contribution >= 4 is 16.0 Å². The Kier molecular flexibility index (Phi) is 2.84. The van der Waals surface area contributed by atoms with Gasteiger partial charge in [0.15, 0.2) is 0 Å². The first-order chi connectivity index (χ1) is 7.97. The number of hydrogen-bond acceptors (Lipinski definition) is 4. The highest BCUT2D eigenvalue weighted by atomic mass is 32.2. The van der Waals surface area contributed by atoms with Crippen molar-refractivity contribution in [3.63, 3.8) is 0 Å². The number of aryl methyl sites for hydroxylation is 2. The summed E-state index contributed by atoms with van der Waals surface area (Å²) >= 11 is 0. The Hall–Kier alpha value is -1.89. The molecule has 1 aromatic carbocycles. The van der Waals surface area contributed by atoms with Crippen molar-refractivity contribution in [2.24, 2.45) is 0 Å². The summed E-state index contributed by atoms with van der Waals surface area (Å²) in [6.45, 7) is 3.52. The predicted molar refractivity (Wildman–Crippen MR) is 63.1 cm³/mol. The second-order valence-corrected chi connectivity index (χ2v) is 5.35. The van der Waals surface area contributed by atoms with Gasteiger partial charge < -0.3 is 0 Å². The van der Waals surface area contributed by atoms with Crippen LogP contribution in [-0.2, 0) is 10.0 Å². The molecule has 17 heavy (non-hydrogen) atoms. The number of rotatable bonds is 3. The molecule has 0 radical (unpaired) electrons. The molecule has 0 fully saturated rings. The second kappa shape index (κ2) is 4.17. The van der Waals surface area contributed by atoms with E-state index in [2.05, 4.69) is 19.9 Å². The largest absolute Gasteiger partial charge is 0.264 e. The van der Waals surface area contributed by atoms with Gasteiger partial charge in [0, 0.05) is 0 Å². The predicted octanol–water partition coefficient (Wildman–Crippen LogP) is 1.22. The van der Waals surface area contributed by atoms with Gasteiger partial charge >= 0.3 is 0 Å². The second-order valence-electron chi connectivity index (χ2n) is 3.67. The van der Waals surface area contributed by atoms with E-state index in [4.69, 9.17) is 0 Å². The van der Waals surface area contributed by atoms with Crippen molar-refractivity contribution in [1.82, 2.24) is 15.2 Å². The van der Waals surface area contributed by atoms with E-state index in [1.165, 1.54) is 6.07 Å². The van der Waals surface area contributed by atoms with Gasteiger partial charge in [-0.15, -0.1) is 5.10 Å². The highest BCUT2D eigenvalue weighted by molar-refractivity contribution is 7.92. The number of H-pyrrole nitrogens is 1. The van der Waals surface area contributed by atoms with Crippen LogP contribution in [0.2, 0.25) is 0 Å². The summed E-state index contributed by atoms with van der Waals surface area (Å²) in [5, 5.41) is 6.29. The Morgan fingerprint density at radius 3 is 2.65 bits per heavy atom. The van der Waals surface area contributed by atoms with Crippen LogP contribution in [0.3, 0.4) is 0 Å². The van der Waals surface area contributed by atoms with Gasteiger partial charge in [-0.2, -0.15) is 4.98 Å². The maximum Gasteiger partial charge on any atom is 0.264 e. The number of anilines is 1. The quantitative estimate of drug-likeness (QED) is 0.859. The summed E-state index contributed by atoms with van der Waals surface area (Å²) in [7, 11) is -3.62. The number of aromatic amines is 1. The van der Waals surface area contributed by atoms with Crippen LogP contribution >= 0.6 is 0 Å². The highest BCUT2D eigenvalue weighted by Crippen LogP contribution is 2.14. The molecule has 7 heteroatoms. The van der Waals surface area contributed by atoms with Crippen LogP contribution in [0, 0.1) is 13.8 Å². The van der Waals surface area contributed by atoms with E-state index < -0.39 is 10.0 Å². The van der Waals surface area contributed by atoms with E-state index in [1.807, 2.05) is 13.0 Å². The van der Waals surface area contributed by atoms with Gasteiger partial charge in [0.05, 0.1) is 4.90 Å². The van der Waals surface area contributed by atoms with E-state index >= 15 is 0 Å². The number of hydrogen-bond donors (Lipinski definition) is 2. The van der Waals surface area contributed by atoms with E-state index in [0.717, 1.165) is 5.56 Å². The number of nitrogens with one attached hydrogen (secondary N) is 2. The standard InChI is InChI=1S/C10H12N4O2S/c1-7-4-3-5-9(6-7)17(15,16)14-10-11-8(2)12-13-10/h3-6H,1-2H3,(H2,11,12,13,14). The van der Waals surface area contributed by atoms with Crippen LogP contribution in [0.15, 0.2) is 29.2 Å². The summed E-state index contributed by atoms with van der Waals surface area (Å²) in [5.41, 5.74) is 0.874. The summed E-state index contributed by atoms with van der Waals surface area (Å²) in [4.78, 5) is 4.08. The molecule has 2 rings (SSSR count). The summed E-state index contributed by atoms with van der Waals surface area (Å²) in [6.07, 6.45) is 0. The van der Waals surface area contributed by atoms with Gasteiger partial charge in [-0.3, -0.25) is 5.10 Å². The maximum absolute atomic E-state index is 12.0. The molecule has 0 aliphatic rings. The molecule has 2 N–H and O–H groups in total. The molecule has 0 aliphatic heterocycles. The topological polar surface area (TPSA) is 87.7 Å². The minimum absolute atomic E-state index is 0.0454. The molecule has 0 bridgehead atoms. The summed E-state index contributed by atoms with van der Waals surface area (Å²) in [6, 6.07) is 6.62. The first-order valence-corrected chi connectivity index (χ1v) is 6.44. The van der Waals surface area contributed by atoms with Crippen molar-refractivity contribution in [3.05, 3.63) is 35.7 Å². The van der Waals surface area contributed by atoms with E-state index in [-0.39, 0.29) is 10.8 Å². The van der Waals surface area contributed by atoms with E-state index in [1.54, 1.807) is 19.1 Å². The molecule has 0 amide bonds. The Balaban J connectivity index is 2.31. The number of nitrogens with zero attached hydrogens (tertiary/aromatic N) is 2. The lowest BCUT2D eigenvalue weighted by Gasteiger charge is -2.04. The van der Waals surface area contributed by atoms with Crippen LogP contribution in [0.25, 0.3) is 0 Å². The monoisotopic (exact) mass is 252 g/mol. The van der Waals surface area contributed by atoms with Gasteiger partial charge in [0.2, 0.25) is 0 Å². The molecule has 1 heterocycles. The zero-order chi connectivity index (χ0) is 12.5. The van der Waals surface area contributed by atoms with E-state index in [9.17, 15) is 8.42 Å². The van der Waals surface area contributed by atoms with Crippen molar-refractivity contribution < 1.29 is 8.42 Å². The number of sulfonamides is 1. The fourth-order valence-corrected chi connectivity index (χ4v) is 2.40. The Morgan fingerprint density at radius 1 is 1.29 bits per heavy atom. The van der Waals surface area contributed by atoms with E-state index in [0.29, 0.717) is 5.82 Å². The maximum atomic E-state index is 12.0. The van der Waals surface area contributed by atoms with Crippen molar-refractivity contribution in [1.29, 1.82) is 0 Å². The Labute approximate surface area is 99.1 Å². The van der Waals surface area contributed by atoms with Crippen LogP contribution in [-0.4, -0.2) is 23.6 Å². The van der Waals surface area contributed by atoms with Gasteiger partial charge in [0.25, 0.3) is 16.0 Å². The third-order valence-corrected chi connectivity index (χ3v) is 3.45. The Morgan fingerprint density at radius 2 is 2.06 bits per heavy atom. The Bertz CT molecular complexity index is 633. The van der Waals surface area contributed by atoms with Crippen LogP contribution in [0.1, 0.15) is 11.4 Å². The minimum atomic E-state index is -3.62. The summed E-state index contributed by atoms with van der Waals surface area (Å²) in [5.74, 6) is 0.593. The molecule has 0 aliphatic carbocycles. The molecular weight excluding hydrogens is 240 g/mol. The van der Waals surface area contributed by atoms with Gasteiger partial charge in [-0.25, -0.2) is 13.1 Å². The average molecular weight is 252 g/mol. The van der Waals surface area contributed by atoms with Gasteiger partial charge in [-0.1, -0.05) is 12.1 Å². The smallest absolute Gasteiger partial charge is 0.261 e. The molecule has 0 saturated carbocycles. The van der Waals surface area contributed by atoms with Crippen molar-refractivity contribution in [3.8, 4) is 0 Å². The molecule has 0 unspecified atom stereocenters. The third-order valence-electron chi connectivity index (χ3n) is 2.12. The molecule has 0 spiro atoms. The third kappa shape index (κ3) is 2.62. The van der Waals surface area contributed by atoms with Gasteiger partial charge in [0.1, 0.15) is 5.82 Å². The highest BCUT2D eigenvalue weighted by Gasteiger charge is 2.16. The summed E-state index contributed by atoms with van der Waals surface area (Å²) < 4.78 is 26.2. The van der Waals surface area contributed by atoms with Gasteiger partial charge in [-0.05, 0) is 31.5 Å². The SMILES string of the molecule is Cc1cccc(S(=O)(=O)Nc2n[nH]c(C)n2)c1. The lowest BCUT2D eigenvalue weighted by atomic mass is 10.2. The lowest BCUT2D eigenvalue weighted by molar-refractivity contribution is 0.600. The van der Waals surface area contributed by atoms with Crippen LogP contribution in [0.4, 0.5) is 5.95 Å². The fourth-order valence-electron chi connectivity index (χ4n) is 1.35. The first-order valence-electron chi connectivity index (χ1n) is 4.96. The van der Waals surface area contributed by atoms with Crippen molar-refractivity contribution in [2.45, 2.75) is 18.7 Å².